The third kappa shape index (κ3) is 2.40. The van der Waals surface area contributed by atoms with Crippen LogP contribution in [-0.4, -0.2) is 33.7 Å². The summed E-state index contributed by atoms with van der Waals surface area (Å²) in [5.74, 6) is 0. The van der Waals surface area contributed by atoms with E-state index in [2.05, 4.69) is 24.9 Å². The highest BCUT2D eigenvalue weighted by atomic mass is 32.2. The zero-order valence-electron chi connectivity index (χ0n) is 8.53. The number of nitrogens with one attached hydrogen (secondary N) is 2. The van der Waals surface area contributed by atoms with Crippen molar-refractivity contribution in [2.24, 2.45) is 0 Å². The molecule has 0 bridgehead atoms. The molecule has 0 aliphatic rings. The molecule has 3 N–H and O–H groups in total. The Labute approximate surface area is 96.8 Å². The van der Waals surface area contributed by atoms with Gasteiger partial charge in [-0.25, -0.2) is 9.97 Å². The monoisotopic (exact) mass is 255 g/mol. The highest BCUT2D eigenvalue weighted by Crippen LogP contribution is 2.15. The molecule has 8 nitrogen and oxygen atoms in total. The van der Waals surface area contributed by atoms with E-state index in [9.17, 15) is 8.42 Å². The minimum Gasteiger partial charge on any atom is -0.392 e. The molecule has 2 rings (SSSR count). The first-order valence-corrected chi connectivity index (χ1v) is 6.03. The Bertz CT molecular complexity index is 595. The predicted molar refractivity (Wildman–Crippen MR) is 57.4 cm³/mol. The second kappa shape index (κ2) is 4.47. The number of aliphatic hydroxyl groups is 1. The first-order chi connectivity index (χ1) is 8.13. The topological polar surface area (TPSA) is 121 Å². The second-order valence-corrected chi connectivity index (χ2v) is 4.73. The van der Waals surface area contributed by atoms with Crippen LogP contribution in [0.5, 0.6) is 0 Å². The average molecular weight is 255 g/mol. The summed E-state index contributed by atoms with van der Waals surface area (Å²) in [6, 6.07) is 0. The quantitative estimate of drug-likeness (QED) is 0.676. The van der Waals surface area contributed by atoms with Crippen molar-refractivity contribution < 1.29 is 13.5 Å². The molecule has 0 saturated heterocycles. The molecule has 2 aromatic heterocycles. The van der Waals surface area contributed by atoms with Gasteiger partial charge in [-0.3, -0.25) is 9.82 Å². The van der Waals surface area contributed by atoms with Gasteiger partial charge in [-0.1, -0.05) is 0 Å². The van der Waals surface area contributed by atoms with E-state index in [-0.39, 0.29) is 16.3 Å². The Balaban J connectivity index is 2.32. The van der Waals surface area contributed by atoms with Crippen LogP contribution in [0.4, 0.5) is 5.69 Å². The van der Waals surface area contributed by atoms with E-state index in [0.29, 0.717) is 0 Å². The lowest BCUT2D eigenvalue weighted by atomic mass is 10.4. The maximum Gasteiger partial charge on any atom is 0.279 e. The van der Waals surface area contributed by atoms with Crippen molar-refractivity contribution in [3.63, 3.8) is 0 Å². The van der Waals surface area contributed by atoms with E-state index in [1.54, 1.807) is 0 Å². The van der Waals surface area contributed by atoms with Crippen LogP contribution in [0.1, 0.15) is 5.56 Å². The maximum atomic E-state index is 11.9. The molecule has 0 fully saturated rings. The van der Waals surface area contributed by atoms with Crippen molar-refractivity contribution in [1.82, 2.24) is 20.2 Å². The molecule has 0 spiro atoms. The largest absolute Gasteiger partial charge is 0.392 e. The molecule has 90 valence electrons. The summed E-state index contributed by atoms with van der Waals surface area (Å²) in [6.45, 7) is -0.419. The third-order valence-electron chi connectivity index (χ3n) is 1.93. The van der Waals surface area contributed by atoms with Gasteiger partial charge in [0.1, 0.15) is 6.33 Å². The number of aromatic amines is 1. The summed E-state index contributed by atoms with van der Waals surface area (Å²) in [4.78, 5) is 7.36. The number of aromatic nitrogens is 4. The number of H-pyrrole nitrogens is 1. The highest BCUT2D eigenvalue weighted by Gasteiger charge is 2.20. The molecule has 0 saturated carbocycles. The SMILES string of the molecule is O=S(=O)(Nc1cncnc1)c1[nH]ncc1CO. The minimum atomic E-state index is -3.82. The van der Waals surface area contributed by atoms with Crippen LogP contribution in [0.3, 0.4) is 0 Å². The average Bonchev–Trinajstić information content (AvgIpc) is 2.78. The van der Waals surface area contributed by atoms with E-state index in [0.717, 1.165) is 0 Å². The predicted octanol–water partition coefficient (Wildman–Crippen LogP) is -0.507. The van der Waals surface area contributed by atoms with Crippen LogP contribution in [0.15, 0.2) is 29.9 Å². The molecule has 0 aromatic carbocycles. The molecule has 0 aliphatic heterocycles. The van der Waals surface area contributed by atoms with E-state index in [1.165, 1.54) is 24.9 Å². The summed E-state index contributed by atoms with van der Waals surface area (Å²) in [5.41, 5.74) is 0.417. The number of anilines is 1. The smallest absolute Gasteiger partial charge is 0.279 e. The van der Waals surface area contributed by atoms with Crippen molar-refractivity contribution >= 4 is 15.7 Å². The molecular formula is C8H9N5O3S. The summed E-state index contributed by atoms with van der Waals surface area (Å²) in [6.07, 6.45) is 5.17. The lowest BCUT2D eigenvalue weighted by molar-refractivity contribution is 0.278. The standard InChI is InChI=1S/C8H9N5O3S/c14-4-6-1-11-12-8(6)17(15,16)13-7-2-9-5-10-3-7/h1-3,5,13-14H,4H2,(H,11,12). The fraction of sp³-hybridized carbons (Fsp3) is 0.125. The third-order valence-corrected chi connectivity index (χ3v) is 3.33. The van der Waals surface area contributed by atoms with Crippen molar-refractivity contribution in [1.29, 1.82) is 0 Å². The summed E-state index contributed by atoms with van der Waals surface area (Å²) < 4.78 is 26.0. The zero-order chi connectivity index (χ0) is 12.3. The van der Waals surface area contributed by atoms with Crippen LogP contribution in [0, 0.1) is 0 Å². The first kappa shape index (κ1) is 11.5. The Hall–Kier alpha value is -2.00. The molecule has 17 heavy (non-hydrogen) atoms. The molecule has 0 aliphatic carbocycles. The summed E-state index contributed by atoms with van der Waals surface area (Å²) in [7, 11) is -3.82. The number of hydrogen-bond donors (Lipinski definition) is 3. The molecule has 0 radical (unpaired) electrons. The summed E-state index contributed by atoms with van der Waals surface area (Å²) >= 11 is 0. The molecular weight excluding hydrogens is 246 g/mol. The number of sulfonamides is 1. The van der Waals surface area contributed by atoms with Crippen LogP contribution in [0.25, 0.3) is 0 Å². The Morgan fingerprint density at radius 3 is 2.65 bits per heavy atom. The molecule has 0 unspecified atom stereocenters. The van der Waals surface area contributed by atoms with E-state index < -0.39 is 16.6 Å². The van der Waals surface area contributed by atoms with Gasteiger partial charge in [0.25, 0.3) is 10.0 Å². The maximum absolute atomic E-state index is 11.9. The molecule has 2 aromatic rings. The van der Waals surface area contributed by atoms with E-state index >= 15 is 0 Å². The van der Waals surface area contributed by atoms with Gasteiger partial charge >= 0.3 is 0 Å². The lowest BCUT2D eigenvalue weighted by Crippen LogP contribution is -2.15. The van der Waals surface area contributed by atoms with Crippen LogP contribution in [-0.2, 0) is 16.6 Å². The van der Waals surface area contributed by atoms with Gasteiger partial charge in [-0.15, -0.1) is 0 Å². The fourth-order valence-corrected chi connectivity index (χ4v) is 2.36. The molecule has 0 atom stereocenters. The normalized spacial score (nSPS) is 11.4. The van der Waals surface area contributed by atoms with Gasteiger partial charge in [-0.05, 0) is 0 Å². The van der Waals surface area contributed by atoms with Gasteiger partial charge in [-0.2, -0.15) is 13.5 Å². The Kier molecular flexibility index (Phi) is 3.02. The Morgan fingerprint density at radius 2 is 2.00 bits per heavy atom. The van der Waals surface area contributed by atoms with Crippen molar-refractivity contribution in [3.05, 3.63) is 30.5 Å². The fourth-order valence-electron chi connectivity index (χ4n) is 1.20. The lowest BCUT2D eigenvalue weighted by Gasteiger charge is -2.06. The van der Waals surface area contributed by atoms with Gasteiger partial charge in [0.05, 0.1) is 30.9 Å². The molecule has 0 amide bonds. The van der Waals surface area contributed by atoms with Crippen molar-refractivity contribution in [2.45, 2.75) is 11.6 Å². The summed E-state index contributed by atoms with van der Waals surface area (Å²) in [5, 5.41) is 14.7. The minimum absolute atomic E-state index is 0.177. The van der Waals surface area contributed by atoms with Gasteiger partial charge in [0, 0.05) is 5.56 Å². The molecule has 2 heterocycles. The zero-order valence-corrected chi connectivity index (χ0v) is 9.35. The van der Waals surface area contributed by atoms with Gasteiger partial charge in [0.2, 0.25) is 0 Å². The van der Waals surface area contributed by atoms with Crippen LogP contribution in [0.2, 0.25) is 0 Å². The first-order valence-electron chi connectivity index (χ1n) is 4.54. The number of nitrogens with zero attached hydrogens (tertiary/aromatic N) is 3. The van der Waals surface area contributed by atoms with Crippen LogP contribution >= 0.6 is 0 Å². The van der Waals surface area contributed by atoms with Crippen molar-refractivity contribution in [3.8, 4) is 0 Å². The van der Waals surface area contributed by atoms with Crippen LogP contribution < -0.4 is 4.72 Å². The number of aliphatic hydroxyl groups excluding tert-OH is 1. The highest BCUT2D eigenvalue weighted by molar-refractivity contribution is 7.92. The number of hydrogen-bond acceptors (Lipinski definition) is 6. The molecule has 9 heteroatoms. The second-order valence-electron chi connectivity index (χ2n) is 3.12. The Morgan fingerprint density at radius 1 is 1.29 bits per heavy atom. The number of rotatable bonds is 4. The van der Waals surface area contributed by atoms with E-state index in [4.69, 9.17) is 5.11 Å². The van der Waals surface area contributed by atoms with Gasteiger partial charge in [0.15, 0.2) is 5.03 Å². The van der Waals surface area contributed by atoms with Crippen molar-refractivity contribution in [2.75, 3.05) is 4.72 Å². The van der Waals surface area contributed by atoms with Gasteiger partial charge < -0.3 is 5.11 Å². The van der Waals surface area contributed by atoms with E-state index in [1.807, 2.05) is 0 Å².